The molecule has 3 heterocycles. The summed E-state index contributed by atoms with van der Waals surface area (Å²) in [6, 6.07) is 5.38. The SMILES string of the molecule is CCC[CH2][Sn]([CH2]CCC)([CH2]CCC)[c]1cc2c3nccnc3c3c[c]([Sn]([CH2]CCC)([CH2]CCC)[CH2]CCC)sc3c2s1. The first-order valence-corrected chi connectivity index (χ1v) is 34.2. The Morgan fingerprint density at radius 2 is 0.762 bits per heavy atom. The van der Waals surface area contributed by atoms with Gasteiger partial charge >= 0.3 is 276 Å². The van der Waals surface area contributed by atoms with Gasteiger partial charge in [-0.05, 0) is 0 Å². The molecule has 42 heavy (non-hydrogen) atoms. The summed E-state index contributed by atoms with van der Waals surface area (Å²) in [6.07, 6.45) is 20.4. The molecule has 0 saturated carbocycles. The molecule has 0 fully saturated rings. The van der Waals surface area contributed by atoms with Gasteiger partial charge in [0.1, 0.15) is 0 Å². The van der Waals surface area contributed by atoms with Gasteiger partial charge in [-0.2, -0.15) is 0 Å². The molecule has 0 aliphatic rings. The topological polar surface area (TPSA) is 25.8 Å². The van der Waals surface area contributed by atoms with Gasteiger partial charge in [-0.3, -0.25) is 0 Å². The predicted octanol–water partition coefficient (Wildman–Crippen LogP) is 12.2. The van der Waals surface area contributed by atoms with Gasteiger partial charge in [0.25, 0.3) is 0 Å². The third-order valence-electron chi connectivity index (χ3n) is 9.98. The molecule has 0 bridgehead atoms. The molecule has 1 aromatic carbocycles. The Kier molecular flexibility index (Phi) is 14.2. The third kappa shape index (κ3) is 7.71. The van der Waals surface area contributed by atoms with Crippen LogP contribution in [0.15, 0.2) is 24.5 Å². The fourth-order valence-corrected chi connectivity index (χ4v) is 48.0. The summed E-state index contributed by atoms with van der Waals surface area (Å²) in [4.78, 5) is 10.1. The van der Waals surface area contributed by atoms with Crippen LogP contribution in [0.5, 0.6) is 0 Å². The summed E-state index contributed by atoms with van der Waals surface area (Å²) in [6.45, 7) is 14.4. The zero-order valence-electron chi connectivity index (χ0n) is 27.7. The van der Waals surface area contributed by atoms with Gasteiger partial charge in [-0.1, -0.05) is 0 Å². The van der Waals surface area contributed by atoms with E-state index in [-0.39, 0.29) is 0 Å². The van der Waals surface area contributed by atoms with Crippen molar-refractivity contribution in [1.29, 1.82) is 0 Å². The van der Waals surface area contributed by atoms with Crippen molar-refractivity contribution in [2.45, 2.75) is 145 Å². The van der Waals surface area contributed by atoms with Crippen LogP contribution in [0.25, 0.3) is 31.2 Å². The van der Waals surface area contributed by atoms with Crippen LogP contribution >= 0.6 is 22.7 Å². The second-order valence-corrected chi connectivity index (χ2v) is 43.6. The second kappa shape index (κ2) is 17.1. The molecule has 0 aliphatic heterocycles. The van der Waals surface area contributed by atoms with E-state index in [9.17, 15) is 0 Å². The molecule has 4 aromatic rings. The van der Waals surface area contributed by atoms with Gasteiger partial charge in [0.2, 0.25) is 0 Å². The van der Waals surface area contributed by atoms with E-state index >= 15 is 0 Å². The molecule has 0 radical (unpaired) electrons. The minimum atomic E-state index is -2.56. The summed E-state index contributed by atoms with van der Waals surface area (Å²) in [5.74, 6) is 0. The van der Waals surface area contributed by atoms with Crippen molar-refractivity contribution in [2.75, 3.05) is 0 Å². The Morgan fingerprint density at radius 3 is 1.02 bits per heavy atom. The Labute approximate surface area is 273 Å². The number of aromatic nitrogens is 2. The normalized spacial score (nSPS) is 12.8. The predicted molar refractivity (Wildman–Crippen MR) is 199 cm³/mol. The fourth-order valence-electron chi connectivity index (χ4n) is 7.31. The molecule has 0 aliphatic carbocycles. The molecule has 6 heteroatoms. The number of hydrogen-bond donors (Lipinski definition) is 0. The maximum absolute atomic E-state index is 5.05. The second-order valence-electron chi connectivity index (χ2n) is 13.1. The van der Waals surface area contributed by atoms with Crippen molar-refractivity contribution in [3.05, 3.63) is 24.5 Å². The van der Waals surface area contributed by atoms with Crippen molar-refractivity contribution < 1.29 is 0 Å². The molecule has 3 aromatic heterocycles. The molecule has 232 valence electrons. The fraction of sp³-hybridized carbons (Fsp3) is 0.667. The van der Waals surface area contributed by atoms with E-state index < -0.39 is 36.8 Å². The summed E-state index contributed by atoms with van der Waals surface area (Å²) < 4.78 is 16.0. The molecule has 0 amide bonds. The van der Waals surface area contributed by atoms with Gasteiger partial charge in [0, 0.05) is 0 Å². The molecular weight excluding hydrogens is 762 g/mol. The van der Waals surface area contributed by atoms with E-state index in [0.717, 1.165) is 0 Å². The number of benzene rings is 1. The Morgan fingerprint density at radius 1 is 0.476 bits per heavy atom. The van der Waals surface area contributed by atoms with E-state index in [1.807, 2.05) is 18.2 Å². The van der Waals surface area contributed by atoms with Gasteiger partial charge in [-0.15, -0.1) is 0 Å². The molecule has 0 saturated heterocycles. The maximum atomic E-state index is 5.05. The van der Waals surface area contributed by atoms with Crippen LogP contribution < -0.4 is 5.79 Å². The number of thiophene rings is 2. The van der Waals surface area contributed by atoms with Crippen LogP contribution in [0, 0.1) is 0 Å². The first kappa shape index (κ1) is 34.9. The minimum absolute atomic E-state index is 1.17. The summed E-state index contributed by atoms with van der Waals surface area (Å²) >= 11 is -0.637. The van der Waals surface area contributed by atoms with E-state index in [1.165, 1.54) is 125 Å². The average molecular weight is 820 g/mol. The van der Waals surface area contributed by atoms with Crippen LogP contribution in [0.1, 0.15) is 119 Å². The summed E-state index contributed by atoms with van der Waals surface area (Å²) in [5.41, 5.74) is 2.34. The van der Waals surface area contributed by atoms with Crippen LogP contribution in [0.3, 0.4) is 0 Å². The zero-order valence-corrected chi connectivity index (χ0v) is 35.1. The molecule has 2 nitrogen and oxygen atoms in total. The van der Waals surface area contributed by atoms with Crippen LogP contribution in [0.4, 0.5) is 0 Å². The number of nitrogens with zero attached hydrogens (tertiary/aromatic N) is 2. The van der Waals surface area contributed by atoms with Gasteiger partial charge in [0.05, 0.1) is 0 Å². The number of fused-ring (bicyclic) bond motifs is 6. The van der Waals surface area contributed by atoms with Crippen molar-refractivity contribution in [3.63, 3.8) is 0 Å². The van der Waals surface area contributed by atoms with E-state index in [4.69, 9.17) is 9.97 Å². The third-order valence-corrected chi connectivity index (χ3v) is 48.8. The Bertz CT molecular complexity index is 1240. The zero-order chi connectivity index (χ0) is 30.0. The van der Waals surface area contributed by atoms with Crippen LogP contribution in [-0.2, 0) is 0 Å². The van der Waals surface area contributed by atoms with Crippen molar-refractivity contribution >= 4 is 96.4 Å². The molecule has 0 spiro atoms. The van der Waals surface area contributed by atoms with Crippen molar-refractivity contribution in [2.24, 2.45) is 0 Å². The quantitative estimate of drug-likeness (QED) is 0.0830. The first-order valence-electron chi connectivity index (χ1n) is 17.6. The number of unbranched alkanes of at least 4 members (excludes halogenated alkanes) is 6. The standard InChI is InChI=1S/C12H4N2S2.6C4H9.2Sn/c1-5-15-11-7(1)9-10(14-4-3-13-9)8-2-6-16-12(8)11;6*1-3-4-2;;/h1-4H;6*1,3-4H2,2H3;;. The van der Waals surface area contributed by atoms with Gasteiger partial charge < -0.3 is 0 Å². The Hall–Kier alpha value is 0.0774. The first-order chi connectivity index (χ1) is 20.5. The van der Waals surface area contributed by atoms with Crippen LogP contribution in [-0.4, -0.2) is 46.7 Å². The van der Waals surface area contributed by atoms with Crippen LogP contribution in [0.2, 0.25) is 26.6 Å². The van der Waals surface area contributed by atoms with Gasteiger partial charge in [0.15, 0.2) is 0 Å². The van der Waals surface area contributed by atoms with Gasteiger partial charge in [-0.25, -0.2) is 0 Å². The van der Waals surface area contributed by atoms with E-state index in [0.29, 0.717) is 0 Å². The van der Waals surface area contributed by atoms with E-state index in [1.54, 1.807) is 9.40 Å². The Balaban J connectivity index is 1.98. The summed E-state index contributed by atoms with van der Waals surface area (Å²) in [7, 11) is 0. The molecule has 0 atom stereocenters. The molecular formula is C36H58N2S2Sn2. The van der Waals surface area contributed by atoms with E-state index in [2.05, 4.69) is 76.3 Å². The monoisotopic (exact) mass is 822 g/mol. The van der Waals surface area contributed by atoms with Crippen molar-refractivity contribution in [1.82, 2.24) is 9.97 Å². The number of hydrogen-bond acceptors (Lipinski definition) is 4. The average Bonchev–Trinajstić information content (AvgIpc) is 3.67. The number of rotatable bonds is 20. The molecule has 0 unspecified atom stereocenters. The summed E-state index contributed by atoms with van der Waals surface area (Å²) in [5, 5.41) is 2.86. The van der Waals surface area contributed by atoms with Crippen molar-refractivity contribution in [3.8, 4) is 0 Å². The molecule has 0 N–H and O–H groups in total. The molecule has 4 rings (SSSR count).